The highest BCUT2D eigenvalue weighted by molar-refractivity contribution is 5.85. The molecule has 0 amide bonds. The van der Waals surface area contributed by atoms with Crippen LogP contribution in [-0.2, 0) is 6.54 Å². The molecule has 1 aromatic rings. The molecule has 0 saturated carbocycles. The maximum absolute atomic E-state index is 5.53. The van der Waals surface area contributed by atoms with Gasteiger partial charge in [-0.1, -0.05) is 18.7 Å². The fraction of sp³-hybridized carbons (Fsp3) is 0.385. The van der Waals surface area contributed by atoms with Gasteiger partial charge in [-0.25, -0.2) is 0 Å². The molecule has 0 aliphatic heterocycles. The zero-order valence-corrected chi connectivity index (χ0v) is 11.2. The molecule has 0 fully saturated rings. The van der Waals surface area contributed by atoms with E-state index in [9.17, 15) is 0 Å². The highest BCUT2D eigenvalue weighted by atomic mass is 35.5. The highest BCUT2D eigenvalue weighted by Crippen LogP contribution is 2.28. The lowest BCUT2D eigenvalue weighted by atomic mass is 10.2. The van der Waals surface area contributed by atoms with Gasteiger partial charge < -0.3 is 14.8 Å². The molecule has 0 bridgehead atoms. The van der Waals surface area contributed by atoms with Gasteiger partial charge >= 0.3 is 0 Å². The third-order valence-electron chi connectivity index (χ3n) is 2.05. The minimum absolute atomic E-state index is 0. The van der Waals surface area contributed by atoms with Gasteiger partial charge in [0.2, 0.25) is 0 Å². The van der Waals surface area contributed by atoms with Crippen molar-refractivity contribution in [1.29, 1.82) is 0 Å². The van der Waals surface area contributed by atoms with Gasteiger partial charge in [-0.3, -0.25) is 0 Å². The van der Waals surface area contributed by atoms with Gasteiger partial charge in [0.05, 0.1) is 6.61 Å². The molecule has 1 N–H and O–H groups in total. The summed E-state index contributed by atoms with van der Waals surface area (Å²) >= 11 is 0. The summed E-state index contributed by atoms with van der Waals surface area (Å²) in [7, 11) is 1.92. The number of hydrogen-bond donors (Lipinski definition) is 1. The van der Waals surface area contributed by atoms with E-state index >= 15 is 0 Å². The molecule has 0 aromatic heterocycles. The first-order valence-electron chi connectivity index (χ1n) is 5.45. The van der Waals surface area contributed by atoms with Crippen molar-refractivity contribution in [3.63, 3.8) is 0 Å². The number of benzene rings is 1. The summed E-state index contributed by atoms with van der Waals surface area (Å²) < 4.78 is 11.0. The van der Waals surface area contributed by atoms with Gasteiger partial charge in [-0.05, 0) is 31.7 Å². The van der Waals surface area contributed by atoms with Crippen molar-refractivity contribution in [2.45, 2.75) is 13.5 Å². The zero-order chi connectivity index (χ0) is 11.8. The van der Waals surface area contributed by atoms with Crippen LogP contribution >= 0.6 is 12.4 Å². The van der Waals surface area contributed by atoms with E-state index in [4.69, 9.17) is 9.47 Å². The van der Waals surface area contributed by atoms with Crippen LogP contribution in [0, 0.1) is 0 Å². The van der Waals surface area contributed by atoms with Crippen LogP contribution < -0.4 is 14.8 Å². The third-order valence-corrected chi connectivity index (χ3v) is 2.05. The second kappa shape index (κ2) is 8.90. The summed E-state index contributed by atoms with van der Waals surface area (Å²) in [6.07, 6.45) is 1.72. The third kappa shape index (κ3) is 5.11. The van der Waals surface area contributed by atoms with E-state index in [2.05, 4.69) is 11.9 Å². The molecule has 96 valence electrons. The Kier molecular flexibility index (Phi) is 8.28. The van der Waals surface area contributed by atoms with Crippen LogP contribution in [0.2, 0.25) is 0 Å². The van der Waals surface area contributed by atoms with Crippen molar-refractivity contribution in [2.24, 2.45) is 0 Å². The molecule has 0 spiro atoms. The number of halogens is 1. The lowest BCUT2D eigenvalue weighted by molar-refractivity contribution is 0.296. The lowest BCUT2D eigenvalue weighted by Gasteiger charge is -2.12. The summed E-state index contributed by atoms with van der Waals surface area (Å²) in [4.78, 5) is 0. The average Bonchev–Trinajstić information content (AvgIpc) is 2.29. The molecule has 0 atom stereocenters. The number of ether oxygens (including phenoxy) is 2. The monoisotopic (exact) mass is 257 g/mol. The summed E-state index contributed by atoms with van der Waals surface area (Å²) in [5.74, 6) is 1.55. The van der Waals surface area contributed by atoms with Gasteiger partial charge in [0.25, 0.3) is 0 Å². The first-order chi connectivity index (χ1) is 7.81. The van der Waals surface area contributed by atoms with E-state index < -0.39 is 0 Å². The molecule has 0 saturated heterocycles. The second-order valence-corrected chi connectivity index (χ2v) is 3.34. The van der Waals surface area contributed by atoms with Crippen molar-refractivity contribution in [2.75, 3.05) is 20.3 Å². The van der Waals surface area contributed by atoms with E-state index in [0.717, 1.165) is 18.0 Å². The van der Waals surface area contributed by atoms with Gasteiger partial charge in [-0.2, -0.15) is 0 Å². The van der Waals surface area contributed by atoms with E-state index in [-0.39, 0.29) is 12.4 Å². The molecule has 0 aliphatic carbocycles. The lowest BCUT2D eigenvalue weighted by Crippen LogP contribution is -2.06. The van der Waals surface area contributed by atoms with Gasteiger partial charge in [0, 0.05) is 6.54 Å². The molecule has 0 heterocycles. The fourth-order valence-corrected chi connectivity index (χ4v) is 1.40. The maximum Gasteiger partial charge on any atom is 0.161 e. The van der Waals surface area contributed by atoms with Crippen LogP contribution in [0.15, 0.2) is 30.9 Å². The summed E-state index contributed by atoms with van der Waals surface area (Å²) in [5.41, 5.74) is 1.18. The van der Waals surface area contributed by atoms with Crippen molar-refractivity contribution in [1.82, 2.24) is 5.32 Å². The summed E-state index contributed by atoms with van der Waals surface area (Å²) in [5, 5.41) is 3.10. The van der Waals surface area contributed by atoms with Crippen molar-refractivity contribution >= 4 is 12.4 Å². The molecular formula is C13H20ClNO2. The molecule has 3 nitrogen and oxygen atoms in total. The quantitative estimate of drug-likeness (QED) is 0.762. The smallest absolute Gasteiger partial charge is 0.161 e. The molecule has 0 radical (unpaired) electrons. The highest BCUT2D eigenvalue weighted by Gasteiger charge is 2.05. The second-order valence-electron chi connectivity index (χ2n) is 3.34. The summed E-state index contributed by atoms with van der Waals surface area (Å²) in [6.45, 7) is 7.53. The molecule has 0 aliphatic rings. The minimum atomic E-state index is 0. The Morgan fingerprint density at radius 2 is 2.06 bits per heavy atom. The van der Waals surface area contributed by atoms with E-state index in [1.165, 1.54) is 5.56 Å². The van der Waals surface area contributed by atoms with Gasteiger partial charge in [-0.15, -0.1) is 12.4 Å². The molecule has 17 heavy (non-hydrogen) atoms. The van der Waals surface area contributed by atoms with Gasteiger partial charge in [0.15, 0.2) is 11.5 Å². The summed E-state index contributed by atoms with van der Waals surface area (Å²) in [6, 6.07) is 5.96. The minimum Gasteiger partial charge on any atom is -0.490 e. The fourth-order valence-electron chi connectivity index (χ4n) is 1.40. The van der Waals surface area contributed by atoms with Crippen molar-refractivity contribution in [3.05, 3.63) is 36.4 Å². The molecule has 0 unspecified atom stereocenters. The van der Waals surface area contributed by atoms with Crippen LogP contribution in [0.4, 0.5) is 0 Å². The Morgan fingerprint density at radius 3 is 2.65 bits per heavy atom. The number of hydrogen-bond acceptors (Lipinski definition) is 3. The Bertz CT molecular complexity index is 342. The predicted molar refractivity (Wildman–Crippen MR) is 73.3 cm³/mol. The first-order valence-corrected chi connectivity index (χ1v) is 5.45. The van der Waals surface area contributed by atoms with Crippen molar-refractivity contribution < 1.29 is 9.47 Å². The Morgan fingerprint density at radius 1 is 1.29 bits per heavy atom. The Hall–Kier alpha value is -1.19. The SMILES string of the molecule is C=CCOc1ccc(CNC)cc1OCC.Cl. The van der Waals surface area contributed by atoms with Crippen LogP contribution in [-0.4, -0.2) is 20.3 Å². The standard InChI is InChI=1S/C13H19NO2.ClH/c1-4-8-16-12-7-6-11(10-14-3)9-13(12)15-5-2;/h4,6-7,9,14H,1,5,8,10H2,2-3H3;1H. The Balaban J connectivity index is 0.00000256. The topological polar surface area (TPSA) is 30.5 Å². The predicted octanol–water partition coefficient (Wildman–Crippen LogP) is 2.79. The largest absolute Gasteiger partial charge is 0.490 e. The van der Waals surface area contributed by atoms with Gasteiger partial charge in [0.1, 0.15) is 6.61 Å². The normalized spacial score (nSPS) is 9.29. The van der Waals surface area contributed by atoms with Crippen molar-refractivity contribution in [3.8, 4) is 11.5 Å². The maximum atomic E-state index is 5.53. The molecule has 4 heteroatoms. The molecular weight excluding hydrogens is 238 g/mol. The average molecular weight is 258 g/mol. The van der Waals surface area contributed by atoms with E-state index in [1.807, 2.05) is 32.2 Å². The van der Waals surface area contributed by atoms with Crippen LogP contribution in [0.5, 0.6) is 11.5 Å². The molecule has 1 aromatic carbocycles. The van der Waals surface area contributed by atoms with E-state index in [0.29, 0.717) is 13.2 Å². The zero-order valence-electron chi connectivity index (χ0n) is 10.4. The van der Waals surface area contributed by atoms with Crippen LogP contribution in [0.25, 0.3) is 0 Å². The van der Waals surface area contributed by atoms with Crippen LogP contribution in [0.3, 0.4) is 0 Å². The van der Waals surface area contributed by atoms with Crippen LogP contribution in [0.1, 0.15) is 12.5 Å². The van der Waals surface area contributed by atoms with E-state index in [1.54, 1.807) is 6.08 Å². The number of nitrogens with one attached hydrogen (secondary N) is 1. The Labute approximate surface area is 109 Å². The number of rotatable bonds is 7. The first kappa shape index (κ1) is 15.8. The molecule has 1 rings (SSSR count).